The second kappa shape index (κ2) is 5.14. The van der Waals surface area contributed by atoms with Gasteiger partial charge in [0.15, 0.2) is 0 Å². The van der Waals surface area contributed by atoms with E-state index in [0.717, 1.165) is 0 Å². The van der Waals surface area contributed by atoms with E-state index >= 15 is 0 Å². The van der Waals surface area contributed by atoms with Crippen molar-refractivity contribution in [1.29, 1.82) is 0 Å². The van der Waals surface area contributed by atoms with Crippen molar-refractivity contribution in [3.63, 3.8) is 0 Å². The van der Waals surface area contributed by atoms with Crippen molar-refractivity contribution in [2.24, 2.45) is 0 Å². The molecule has 1 aromatic carbocycles. The summed E-state index contributed by atoms with van der Waals surface area (Å²) in [7, 11) is 1.43. The first-order chi connectivity index (χ1) is 7.15. The molecule has 0 atom stereocenters. The van der Waals surface area contributed by atoms with Crippen molar-refractivity contribution in [2.45, 2.75) is 6.42 Å². The molecule has 80 valence electrons. The molecule has 0 radical (unpaired) electrons. The number of carboxylic acid groups (broad SMARTS) is 1. The van der Waals surface area contributed by atoms with E-state index in [2.05, 4.69) is 0 Å². The number of benzene rings is 1. The zero-order valence-corrected chi connectivity index (χ0v) is 8.24. The molecule has 0 saturated carbocycles. The van der Waals surface area contributed by atoms with Gasteiger partial charge in [0, 0.05) is 0 Å². The fraction of sp³-hybridized carbons (Fsp3) is 0.182. The third-order valence-electron chi connectivity index (χ3n) is 1.81. The van der Waals surface area contributed by atoms with Crippen LogP contribution < -0.4 is 4.74 Å². The minimum absolute atomic E-state index is 0.141. The van der Waals surface area contributed by atoms with Crippen molar-refractivity contribution in [1.82, 2.24) is 0 Å². The molecule has 0 heterocycles. The fourth-order valence-corrected chi connectivity index (χ4v) is 1.13. The Morgan fingerprint density at radius 1 is 1.60 bits per heavy atom. The molecule has 0 aromatic heterocycles. The molecule has 0 saturated heterocycles. The van der Waals surface area contributed by atoms with E-state index < -0.39 is 11.8 Å². The Hall–Kier alpha value is -1.84. The summed E-state index contributed by atoms with van der Waals surface area (Å²) in [6, 6.07) is 4.44. The highest BCUT2D eigenvalue weighted by Crippen LogP contribution is 2.22. The van der Waals surface area contributed by atoms with Crippen molar-refractivity contribution >= 4 is 12.0 Å². The van der Waals surface area contributed by atoms with E-state index in [1.165, 1.54) is 31.4 Å². The maximum absolute atomic E-state index is 13.3. The van der Waals surface area contributed by atoms with Gasteiger partial charge in [-0.15, -0.1) is 0 Å². The molecule has 0 aliphatic heterocycles. The minimum Gasteiger partial charge on any atom is -0.496 e. The Bertz CT molecular complexity index is 385. The lowest BCUT2D eigenvalue weighted by Crippen LogP contribution is -1.92. The molecular formula is C11H11FO3. The number of hydrogen-bond acceptors (Lipinski definition) is 2. The number of halogens is 1. The lowest BCUT2D eigenvalue weighted by atomic mass is 10.1. The van der Waals surface area contributed by atoms with Crippen LogP contribution in [0.4, 0.5) is 4.39 Å². The van der Waals surface area contributed by atoms with Gasteiger partial charge in [-0.3, -0.25) is 4.79 Å². The Balaban J connectivity index is 2.92. The summed E-state index contributed by atoms with van der Waals surface area (Å²) in [4.78, 5) is 10.3. The van der Waals surface area contributed by atoms with Gasteiger partial charge in [0.2, 0.25) is 0 Å². The zero-order chi connectivity index (χ0) is 11.3. The van der Waals surface area contributed by atoms with Crippen LogP contribution in [0.15, 0.2) is 24.3 Å². The molecular weight excluding hydrogens is 199 g/mol. The van der Waals surface area contributed by atoms with Gasteiger partial charge in [0.25, 0.3) is 0 Å². The quantitative estimate of drug-likeness (QED) is 0.829. The number of hydrogen-bond donors (Lipinski definition) is 1. The molecule has 0 fully saturated rings. The summed E-state index contributed by atoms with van der Waals surface area (Å²) in [5.41, 5.74) is 0.265. The number of carboxylic acids is 1. The predicted octanol–water partition coefficient (Wildman–Crippen LogP) is 2.32. The second-order valence-electron chi connectivity index (χ2n) is 2.86. The molecule has 1 N–H and O–H groups in total. The predicted molar refractivity (Wildman–Crippen MR) is 54.2 cm³/mol. The highest BCUT2D eigenvalue weighted by atomic mass is 19.1. The first kappa shape index (κ1) is 11.2. The number of carbonyl (C=O) groups is 1. The van der Waals surface area contributed by atoms with Crippen molar-refractivity contribution < 1.29 is 19.0 Å². The number of rotatable bonds is 4. The van der Waals surface area contributed by atoms with Crippen molar-refractivity contribution in [3.8, 4) is 5.75 Å². The number of methoxy groups -OCH3 is 1. The van der Waals surface area contributed by atoms with Crippen LogP contribution in [0, 0.1) is 5.82 Å². The Kier molecular flexibility index (Phi) is 3.85. The average molecular weight is 210 g/mol. The number of ether oxygens (including phenoxy) is 1. The number of aliphatic carboxylic acids is 1. The van der Waals surface area contributed by atoms with Gasteiger partial charge < -0.3 is 9.84 Å². The average Bonchev–Trinajstić information content (AvgIpc) is 2.20. The van der Waals surface area contributed by atoms with Crippen LogP contribution in [-0.4, -0.2) is 18.2 Å². The zero-order valence-electron chi connectivity index (χ0n) is 8.24. The normalized spacial score (nSPS) is 10.5. The summed E-state index contributed by atoms with van der Waals surface area (Å²) >= 11 is 0. The monoisotopic (exact) mass is 210 g/mol. The summed E-state index contributed by atoms with van der Waals surface area (Å²) in [5.74, 6) is -1.01. The van der Waals surface area contributed by atoms with E-state index in [-0.39, 0.29) is 12.0 Å². The van der Waals surface area contributed by atoms with Crippen LogP contribution in [0.2, 0.25) is 0 Å². The van der Waals surface area contributed by atoms with E-state index in [9.17, 15) is 9.18 Å². The molecule has 1 aromatic rings. The van der Waals surface area contributed by atoms with Crippen LogP contribution in [0.1, 0.15) is 12.0 Å². The lowest BCUT2D eigenvalue weighted by molar-refractivity contribution is -0.135. The SMILES string of the molecule is COc1cccc(F)c1C=CCC(=O)O. The van der Waals surface area contributed by atoms with Crippen LogP contribution >= 0.6 is 0 Å². The molecule has 0 unspecified atom stereocenters. The molecule has 0 aliphatic rings. The summed E-state index contributed by atoms with van der Waals surface area (Å²) in [5, 5.41) is 8.41. The van der Waals surface area contributed by atoms with E-state index in [0.29, 0.717) is 5.75 Å². The second-order valence-corrected chi connectivity index (χ2v) is 2.86. The van der Waals surface area contributed by atoms with Crippen LogP contribution in [0.3, 0.4) is 0 Å². The lowest BCUT2D eigenvalue weighted by Gasteiger charge is -2.04. The molecule has 4 heteroatoms. The third kappa shape index (κ3) is 3.09. The van der Waals surface area contributed by atoms with Gasteiger partial charge in [-0.05, 0) is 12.1 Å². The van der Waals surface area contributed by atoms with Gasteiger partial charge >= 0.3 is 5.97 Å². The minimum atomic E-state index is -0.957. The van der Waals surface area contributed by atoms with Crippen LogP contribution in [0.5, 0.6) is 5.75 Å². The topological polar surface area (TPSA) is 46.5 Å². The molecule has 15 heavy (non-hydrogen) atoms. The van der Waals surface area contributed by atoms with Crippen molar-refractivity contribution in [2.75, 3.05) is 7.11 Å². The molecule has 3 nitrogen and oxygen atoms in total. The van der Waals surface area contributed by atoms with Crippen molar-refractivity contribution in [3.05, 3.63) is 35.7 Å². The summed E-state index contributed by atoms with van der Waals surface area (Å²) in [6.45, 7) is 0. The van der Waals surface area contributed by atoms with Gasteiger partial charge in [0.1, 0.15) is 11.6 Å². The highest BCUT2D eigenvalue weighted by Gasteiger charge is 2.04. The largest absolute Gasteiger partial charge is 0.496 e. The molecule has 0 aliphatic carbocycles. The third-order valence-corrected chi connectivity index (χ3v) is 1.81. The molecule has 1 rings (SSSR count). The van der Waals surface area contributed by atoms with Gasteiger partial charge in [-0.1, -0.05) is 18.2 Å². The Morgan fingerprint density at radius 3 is 2.93 bits per heavy atom. The van der Waals surface area contributed by atoms with E-state index in [4.69, 9.17) is 9.84 Å². The molecule has 0 bridgehead atoms. The standard InChI is InChI=1S/C11H11FO3/c1-15-10-6-3-5-9(12)8(10)4-2-7-11(13)14/h2-6H,7H2,1H3,(H,13,14). The summed E-state index contributed by atoms with van der Waals surface area (Å²) in [6.07, 6.45) is 2.64. The van der Waals surface area contributed by atoms with Crippen LogP contribution in [0.25, 0.3) is 6.08 Å². The first-order valence-corrected chi connectivity index (χ1v) is 4.36. The van der Waals surface area contributed by atoms with Gasteiger partial charge in [-0.25, -0.2) is 4.39 Å². The highest BCUT2D eigenvalue weighted by molar-refractivity contribution is 5.71. The smallest absolute Gasteiger partial charge is 0.307 e. The van der Waals surface area contributed by atoms with E-state index in [1.807, 2.05) is 0 Å². The summed E-state index contributed by atoms with van der Waals surface area (Å²) < 4.78 is 18.2. The van der Waals surface area contributed by atoms with Gasteiger partial charge in [0.05, 0.1) is 19.1 Å². The first-order valence-electron chi connectivity index (χ1n) is 4.36. The Labute approximate surface area is 86.8 Å². The van der Waals surface area contributed by atoms with E-state index in [1.54, 1.807) is 6.07 Å². The molecule has 0 spiro atoms. The maximum atomic E-state index is 13.3. The van der Waals surface area contributed by atoms with Gasteiger partial charge in [-0.2, -0.15) is 0 Å². The molecule has 0 amide bonds. The maximum Gasteiger partial charge on any atom is 0.307 e. The fourth-order valence-electron chi connectivity index (χ4n) is 1.13. The van der Waals surface area contributed by atoms with Crippen LogP contribution in [-0.2, 0) is 4.79 Å². The Morgan fingerprint density at radius 2 is 2.33 bits per heavy atom.